The molecule has 3 rings (SSSR count). The third-order valence-electron chi connectivity index (χ3n) is 4.32. The summed E-state index contributed by atoms with van der Waals surface area (Å²) in [6.07, 6.45) is 5.30. The summed E-state index contributed by atoms with van der Waals surface area (Å²) in [7, 11) is 0. The number of benzene rings is 1. The number of hydrogen-bond donors (Lipinski definition) is 1. The van der Waals surface area contributed by atoms with Crippen LogP contribution in [0.4, 0.5) is 0 Å². The van der Waals surface area contributed by atoms with Gasteiger partial charge in [-0.3, -0.25) is 4.90 Å². The minimum atomic E-state index is 0.704. The highest BCUT2D eigenvalue weighted by Crippen LogP contribution is 2.27. The molecular weight excluding hydrogens is 244 g/mol. The Bertz CT molecular complexity index is 407. The second-order valence-electron chi connectivity index (χ2n) is 5.47. The molecule has 2 saturated heterocycles. The average Bonchev–Trinajstić information content (AvgIpc) is 2.76. The van der Waals surface area contributed by atoms with Crippen LogP contribution in [0.25, 0.3) is 0 Å². The normalized spacial score (nSPS) is 28.9. The summed E-state index contributed by atoms with van der Waals surface area (Å²) in [5, 5.41) is 4.56. The average molecular weight is 265 g/mol. The van der Waals surface area contributed by atoms with Crippen LogP contribution in [0.15, 0.2) is 24.3 Å². The van der Waals surface area contributed by atoms with Crippen molar-refractivity contribution in [2.24, 2.45) is 0 Å². The van der Waals surface area contributed by atoms with Crippen LogP contribution in [-0.2, 0) is 6.54 Å². The summed E-state index contributed by atoms with van der Waals surface area (Å²) in [5.74, 6) is 0. The van der Waals surface area contributed by atoms with Crippen LogP contribution in [-0.4, -0.2) is 30.1 Å². The van der Waals surface area contributed by atoms with Crippen molar-refractivity contribution in [3.05, 3.63) is 34.9 Å². The first-order valence-corrected chi connectivity index (χ1v) is 7.43. The molecule has 0 saturated carbocycles. The van der Waals surface area contributed by atoms with Crippen molar-refractivity contribution in [3.63, 3.8) is 0 Å². The molecule has 0 aromatic heterocycles. The van der Waals surface area contributed by atoms with Gasteiger partial charge in [-0.25, -0.2) is 0 Å². The van der Waals surface area contributed by atoms with Gasteiger partial charge < -0.3 is 5.32 Å². The van der Waals surface area contributed by atoms with Crippen LogP contribution in [0.3, 0.4) is 0 Å². The molecule has 2 fully saturated rings. The molecule has 3 heteroatoms. The lowest BCUT2D eigenvalue weighted by molar-refractivity contribution is 0.186. The van der Waals surface area contributed by atoms with E-state index in [1.807, 2.05) is 12.1 Å². The van der Waals surface area contributed by atoms with E-state index in [0.717, 1.165) is 11.6 Å². The minimum absolute atomic E-state index is 0.704. The largest absolute Gasteiger partial charge is 0.312 e. The zero-order chi connectivity index (χ0) is 12.4. The van der Waals surface area contributed by atoms with E-state index in [1.165, 1.54) is 44.3 Å². The Morgan fingerprint density at radius 3 is 3.00 bits per heavy atom. The third kappa shape index (κ3) is 2.56. The molecule has 2 heterocycles. The molecule has 98 valence electrons. The Morgan fingerprint density at radius 2 is 2.11 bits per heavy atom. The van der Waals surface area contributed by atoms with Crippen molar-refractivity contribution in [1.29, 1.82) is 0 Å². The van der Waals surface area contributed by atoms with Gasteiger partial charge in [-0.15, -0.1) is 0 Å². The summed E-state index contributed by atoms with van der Waals surface area (Å²) >= 11 is 6.28. The number of nitrogens with one attached hydrogen (secondary N) is 1. The fourth-order valence-electron chi connectivity index (χ4n) is 3.37. The van der Waals surface area contributed by atoms with Crippen molar-refractivity contribution in [2.45, 2.75) is 44.3 Å². The van der Waals surface area contributed by atoms with Gasteiger partial charge in [0.15, 0.2) is 0 Å². The Balaban J connectivity index is 1.76. The lowest BCUT2D eigenvalue weighted by Crippen LogP contribution is -2.41. The highest BCUT2D eigenvalue weighted by atomic mass is 35.5. The number of likely N-dealkylation sites (tertiary alicyclic amines) is 1. The Labute approximate surface area is 114 Å². The molecule has 2 atom stereocenters. The molecule has 0 unspecified atom stereocenters. The van der Waals surface area contributed by atoms with Crippen LogP contribution in [0.1, 0.15) is 31.2 Å². The molecule has 0 radical (unpaired) electrons. The smallest absolute Gasteiger partial charge is 0.0451 e. The van der Waals surface area contributed by atoms with Gasteiger partial charge in [0.25, 0.3) is 0 Å². The van der Waals surface area contributed by atoms with Crippen LogP contribution >= 0.6 is 11.6 Å². The Morgan fingerprint density at radius 1 is 1.22 bits per heavy atom. The van der Waals surface area contributed by atoms with E-state index in [0.29, 0.717) is 12.1 Å². The van der Waals surface area contributed by atoms with Crippen LogP contribution in [0, 0.1) is 0 Å². The molecule has 18 heavy (non-hydrogen) atoms. The van der Waals surface area contributed by atoms with Gasteiger partial charge >= 0.3 is 0 Å². The Hall–Kier alpha value is -0.570. The monoisotopic (exact) mass is 264 g/mol. The van der Waals surface area contributed by atoms with Crippen molar-refractivity contribution < 1.29 is 0 Å². The van der Waals surface area contributed by atoms with E-state index in [4.69, 9.17) is 11.6 Å². The molecule has 2 nitrogen and oxygen atoms in total. The topological polar surface area (TPSA) is 15.3 Å². The van der Waals surface area contributed by atoms with E-state index >= 15 is 0 Å². The molecule has 0 aliphatic carbocycles. The molecule has 0 spiro atoms. The van der Waals surface area contributed by atoms with Crippen molar-refractivity contribution >= 4 is 11.6 Å². The van der Waals surface area contributed by atoms with Gasteiger partial charge in [0.1, 0.15) is 0 Å². The van der Waals surface area contributed by atoms with Gasteiger partial charge in [0, 0.05) is 23.7 Å². The van der Waals surface area contributed by atoms with Crippen LogP contribution in [0.2, 0.25) is 5.02 Å². The van der Waals surface area contributed by atoms with Crippen LogP contribution in [0.5, 0.6) is 0 Å². The number of fused-ring (bicyclic) bond motifs is 1. The van der Waals surface area contributed by atoms with Gasteiger partial charge in [0.05, 0.1) is 0 Å². The molecular formula is C15H21ClN2. The lowest BCUT2D eigenvalue weighted by atomic mass is 10.0. The first kappa shape index (κ1) is 12.5. The van der Waals surface area contributed by atoms with Crippen molar-refractivity contribution in [3.8, 4) is 0 Å². The fourth-order valence-corrected chi connectivity index (χ4v) is 3.57. The molecule has 1 aromatic carbocycles. The lowest BCUT2D eigenvalue weighted by Gasteiger charge is -2.30. The second-order valence-corrected chi connectivity index (χ2v) is 5.88. The summed E-state index contributed by atoms with van der Waals surface area (Å²) in [6, 6.07) is 9.67. The zero-order valence-corrected chi connectivity index (χ0v) is 11.5. The SMILES string of the molecule is Clc1ccccc1CN1CCCC[C@H]2NCC[C@H]21. The highest BCUT2D eigenvalue weighted by Gasteiger charge is 2.33. The molecule has 0 amide bonds. The van der Waals surface area contributed by atoms with E-state index in [-0.39, 0.29) is 0 Å². The summed E-state index contributed by atoms with van der Waals surface area (Å²) in [6.45, 7) is 3.39. The maximum absolute atomic E-state index is 6.28. The fraction of sp³-hybridized carbons (Fsp3) is 0.600. The molecule has 2 aliphatic heterocycles. The van der Waals surface area contributed by atoms with Crippen molar-refractivity contribution in [1.82, 2.24) is 10.2 Å². The van der Waals surface area contributed by atoms with Gasteiger partial charge in [0.2, 0.25) is 0 Å². The third-order valence-corrected chi connectivity index (χ3v) is 4.69. The maximum atomic E-state index is 6.28. The predicted octanol–water partition coefficient (Wildman–Crippen LogP) is 3.06. The molecule has 1 N–H and O–H groups in total. The minimum Gasteiger partial charge on any atom is -0.312 e. The predicted molar refractivity (Wildman–Crippen MR) is 75.9 cm³/mol. The number of rotatable bonds is 2. The highest BCUT2D eigenvalue weighted by molar-refractivity contribution is 6.31. The number of nitrogens with zero attached hydrogens (tertiary/aromatic N) is 1. The summed E-state index contributed by atoms with van der Waals surface area (Å²) in [5.41, 5.74) is 1.27. The second kappa shape index (κ2) is 5.60. The van der Waals surface area contributed by atoms with Crippen molar-refractivity contribution in [2.75, 3.05) is 13.1 Å². The summed E-state index contributed by atoms with van der Waals surface area (Å²) in [4.78, 5) is 2.64. The van der Waals surface area contributed by atoms with E-state index in [2.05, 4.69) is 22.3 Å². The first-order chi connectivity index (χ1) is 8.84. The quantitative estimate of drug-likeness (QED) is 0.883. The van der Waals surface area contributed by atoms with E-state index in [1.54, 1.807) is 0 Å². The number of halogens is 1. The molecule has 0 bridgehead atoms. The van der Waals surface area contributed by atoms with Gasteiger partial charge in [-0.2, -0.15) is 0 Å². The standard InChI is InChI=1S/C15H21ClN2/c16-13-6-2-1-5-12(13)11-18-10-4-3-7-14-15(18)8-9-17-14/h1-2,5-6,14-15,17H,3-4,7-11H2/t14-,15-/m1/s1. The maximum Gasteiger partial charge on any atom is 0.0451 e. The molecule has 1 aromatic rings. The summed E-state index contributed by atoms with van der Waals surface area (Å²) < 4.78 is 0. The number of hydrogen-bond acceptors (Lipinski definition) is 2. The first-order valence-electron chi connectivity index (χ1n) is 7.05. The Kier molecular flexibility index (Phi) is 3.88. The van der Waals surface area contributed by atoms with Gasteiger partial charge in [-0.1, -0.05) is 36.2 Å². The zero-order valence-electron chi connectivity index (χ0n) is 10.7. The van der Waals surface area contributed by atoms with Gasteiger partial charge in [-0.05, 0) is 44.0 Å². The van der Waals surface area contributed by atoms with E-state index in [9.17, 15) is 0 Å². The van der Waals surface area contributed by atoms with Crippen LogP contribution < -0.4 is 5.32 Å². The van der Waals surface area contributed by atoms with E-state index < -0.39 is 0 Å². The molecule has 2 aliphatic rings.